The first-order valence-electron chi connectivity index (χ1n) is 5.61. The van der Waals surface area contributed by atoms with Crippen molar-refractivity contribution in [2.24, 2.45) is 16.6 Å². The summed E-state index contributed by atoms with van der Waals surface area (Å²) in [6, 6.07) is 0. The molecule has 1 aliphatic rings. The smallest absolute Gasteiger partial charge is 0.0963 e. The number of rotatable bonds is 5. The molecule has 0 aromatic carbocycles. The van der Waals surface area contributed by atoms with Crippen molar-refractivity contribution in [2.45, 2.75) is 45.6 Å². The third-order valence-corrected chi connectivity index (χ3v) is 2.63. The van der Waals surface area contributed by atoms with Gasteiger partial charge in [0.25, 0.3) is 0 Å². The molecule has 1 aliphatic carbocycles. The zero-order valence-electron chi connectivity index (χ0n) is 9.33. The fourth-order valence-corrected chi connectivity index (χ4v) is 1.63. The van der Waals surface area contributed by atoms with Crippen LogP contribution in [-0.4, -0.2) is 25.1 Å². The highest BCUT2D eigenvalue weighted by atomic mass is 16.5. The molecule has 3 heteroatoms. The number of aliphatic imine (C=N–C) groups is 1. The van der Waals surface area contributed by atoms with E-state index in [1.165, 1.54) is 25.7 Å². The Bertz CT molecular complexity index is 184. The maximum atomic E-state index is 5.71. The summed E-state index contributed by atoms with van der Waals surface area (Å²) in [5, 5.41) is 0. The maximum Gasteiger partial charge on any atom is 0.0963 e. The highest BCUT2D eigenvalue weighted by molar-refractivity contribution is 5.82. The van der Waals surface area contributed by atoms with Crippen LogP contribution < -0.4 is 5.73 Å². The molecule has 1 fully saturated rings. The van der Waals surface area contributed by atoms with Crippen LogP contribution in [0.5, 0.6) is 0 Å². The lowest BCUT2D eigenvalue weighted by molar-refractivity contribution is 0.0643. The Balaban J connectivity index is 2.06. The number of hydrogen-bond donors (Lipinski definition) is 1. The normalized spacial score (nSPS) is 19.5. The minimum atomic E-state index is 0.349. The van der Waals surface area contributed by atoms with Gasteiger partial charge in [0.1, 0.15) is 0 Å². The van der Waals surface area contributed by atoms with E-state index in [-0.39, 0.29) is 0 Å². The predicted octanol–water partition coefficient (Wildman–Crippen LogP) is 1.96. The van der Waals surface area contributed by atoms with Gasteiger partial charge < -0.3 is 10.5 Å². The first kappa shape index (κ1) is 11.5. The molecule has 0 unspecified atom stereocenters. The Morgan fingerprint density at radius 3 is 2.64 bits per heavy atom. The fourth-order valence-electron chi connectivity index (χ4n) is 1.63. The Morgan fingerprint density at radius 2 is 2.07 bits per heavy atom. The van der Waals surface area contributed by atoms with Crippen LogP contribution in [-0.2, 0) is 4.74 Å². The zero-order valence-corrected chi connectivity index (χ0v) is 9.33. The highest BCUT2D eigenvalue weighted by Crippen LogP contribution is 2.20. The van der Waals surface area contributed by atoms with Crippen LogP contribution in [0.1, 0.15) is 39.5 Å². The molecule has 0 aromatic heterocycles. The zero-order chi connectivity index (χ0) is 10.4. The molecule has 14 heavy (non-hydrogen) atoms. The van der Waals surface area contributed by atoms with Crippen LogP contribution in [0.25, 0.3) is 0 Å². The first-order chi connectivity index (χ1) is 6.70. The molecule has 0 amide bonds. The Morgan fingerprint density at radius 1 is 1.43 bits per heavy atom. The molecule has 0 radical (unpaired) electrons. The van der Waals surface area contributed by atoms with Gasteiger partial charge in [-0.25, -0.2) is 0 Å². The largest absolute Gasteiger partial charge is 0.387 e. The van der Waals surface area contributed by atoms with E-state index >= 15 is 0 Å². The van der Waals surface area contributed by atoms with Crippen LogP contribution in [0.15, 0.2) is 4.99 Å². The van der Waals surface area contributed by atoms with Gasteiger partial charge in [0.15, 0.2) is 0 Å². The standard InChI is InChI=1S/C11H22N2O/c1-9(2)11(12)13-7-8-14-10-5-3-4-6-10/h9-10H,3-8H2,1-2H3,(H2,12,13). The molecule has 2 N–H and O–H groups in total. The molecule has 1 saturated carbocycles. The number of ether oxygens (including phenoxy) is 1. The van der Waals surface area contributed by atoms with Crippen molar-refractivity contribution >= 4 is 5.84 Å². The summed E-state index contributed by atoms with van der Waals surface area (Å²) in [4.78, 5) is 4.25. The quantitative estimate of drug-likeness (QED) is 0.417. The summed E-state index contributed by atoms with van der Waals surface area (Å²) in [6.45, 7) is 5.53. The summed E-state index contributed by atoms with van der Waals surface area (Å²) in [7, 11) is 0. The second-order valence-electron chi connectivity index (χ2n) is 4.24. The van der Waals surface area contributed by atoms with E-state index in [0.29, 0.717) is 18.6 Å². The summed E-state index contributed by atoms with van der Waals surface area (Å²) in [5.74, 6) is 1.08. The molecular formula is C11H22N2O. The van der Waals surface area contributed by atoms with E-state index < -0.39 is 0 Å². The number of hydrogen-bond acceptors (Lipinski definition) is 2. The van der Waals surface area contributed by atoms with Gasteiger partial charge in [0.05, 0.1) is 25.1 Å². The molecule has 3 nitrogen and oxygen atoms in total. The summed E-state index contributed by atoms with van der Waals surface area (Å²) in [6.07, 6.45) is 5.59. The second-order valence-corrected chi connectivity index (χ2v) is 4.24. The molecule has 1 rings (SSSR count). The summed E-state index contributed by atoms with van der Waals surface area (Å²) >= 11 is 0. The van der Waals surface area contributed by atoms with Gasteiger partial charge in [0.2, 0.25) is 0 Å². The molecule has 0 spiro atoms. The monoisotopic (exact) mass is 198 g/mol. The first-order valence-corrected chi connectivity index (χ1v) is 5.61. The van der Waals surface area contributed by atoms with Crippen molar-refractivity contribution in [3.8, 4) is 0 Å². The van der Waals surface area contributed by atoms with E-state index in [4.69, 9.17) is 10.5 Å². The Labute approximate surface area is 86.7 Å². The van der Waals surface area contributed by atoms with E-state index in [0.717, 1.165) is 12.4 Å². The van der Waals surface area contributed by atoms with E-state index in [9.17, 15) is 0 Å². The number of nitrogens with two attached hydrogens (primary N) is 1. The van der Waals surface area contributed by atoms with Gasteiger partial charge in [-0.15, -0.1) is 0 Å². The lowest BCUT2D eigenvalue weighted by Crippen LogP contribution is -2.20. The Kier molecular flexibility index (Phi) is 4.94. The SMILES string of the molecule is CC(C)C(N)=NCCOC1CCCC1. The highest BCUT2D eigenvalue weighted by Gasteiger charge is 2.14. The van der Waals surface area contributed by atoms with Crippen molar-refractivity contribution in [1.82, 2.24) is 0 Å². The number of nitrogens with zero attached hydrogens (tertiary/aromatic N) is 1. The molecular weight excluding hydrogens is 176 g/mol. The van der Waals surface area contributed by atoms with Crippen molar-refractivity contribution in [1.29, 1.82) is 0 Å². The van der Waals surface area contributed by atoms with Gasteiger partial charge in [-0.05, 0) is 12.8 Å². The van der Waals surface area contributed by atoms with Crippen molar-refractivity contribution in [3.63, 3.8) is 0 Å². The number of amidine groups is 1. The predicted molar refractivity (Wildman–Crippen MR) is 59.5 cm³/mol. The summed E-state index contributed by atoms with van der Waals surface area (Å²) < 4.78 is 5.67. The molecule has 0 saturated heterocycles. The van der Waals surface area contributed by atoms with Crippen molar-refractivity contribution in [2.75, 3.05) is 13.2 Å². The van der Waals surface area contributed by atoms with Crippen LogP contribution in [0, 0.1) is 5.92 Å². The van der Waals surface area contributed by atoms with E-state index in [2.05, 4.69) is 18.8 Å². The molecule has 0 atom stereocenters. The average molecular weight is 198 g/mol. The van der Waals surface area contributed by atoms with Crippen molar-refractivity contribution < 1.29 is 4.74 Å². The molecule has 0 aliphatic heterocycles. The van der Waals surface area contributed by atoms with E-state index in [1.54, 1.807) is 0 Å². The third-order valence-electron chi connectivity index (χ3n) is 2.63. The van der Waals surface area contributed by atoms with Crippen molar-refractivity contribution in [3.05, 3.63) is 0 Å². The third kappa shape index (κ3) is 4.09. The molecule has 0 aromatic rings. The van der Waals surface area contributed by atoms with Crippen LogP contribution in [0.2, 0.25) is 0 Å². The fraction of sp³-hybridized carbons (Fsp3) is 0.909. The minimum absolute atomic E-state index is 0.349. The van der Waals surface area contributed by atoms with Crippen LogP contribution >= 0.6 is 0 Å². The Hall–Kier alpha value is -0.570. The molecule has 0 heterocycles. The van der Waals surface area contributed by atoms with Crippen LogP contribution in [0.4, 0.5) is 0 Å². The van der Waals surface area contributed by atoms with E-state index in [1.807, 2.05) is 0 Å². The van der Waals surface area contributed by atoms with Gasteiger partial charge in [-0.1, -0.05) is 26.7 Å². The van der Waals surface area contributed by atoms with Gasteiger partial charge in [0, 0.05) is 5.92 Å². The lowest BCUT2D eigenvalue weighted by atomic mass is 10.2. The maximum absolute atomic E-state index is 5.71. The van der Waals surface area contributed by atoms with Gasteiger partial charge in [-0.2, -0.15) is 0 Å². The topological polar surface area (TPSA) is 47.6 Å². The van der Waals surface area contributed by atoms with Gasteiger partial charge in [-0.3, -0.25) is 4.99 Å². The van der Waals surface area contributed by atoms with Crippen LogP contribution in [0.3, 0.4) is 0 Å². The molecule has 0 bridgehead atoms. The second kappa shape index (κ2) is 6.02. The summed E-state index contributed by atoms with van der Waals surface area (Å²) in [5.41, 5.74) is 5.71. The molecule has 82 valence electrons. The lowest BCUT2D eigenvalue weighted by Gasteiger charge is -2.10. The minimum Gasteiger partial charge on any atom is -0.387 e. The average Bonchev–Trinajstić information content (AvgIpc) is 2.64. The van der Waals surface area contributed by atoms with Gasteiger partial charge >= 0.3 is 0 Å².